The Morgan fingerprint density at radius 3 is 2.84 bits per heavy atom. The molecule has 0 radical (unpaired) electrons. The van der Waals surface area contributed by atoms with Gasteiger partial charge >= 0.3 is 5.97 Å². The van der Waals surface area contributed by atoms with Gasteiger partial charge in [-0.1, -0.05) is 12.1 Å². The first-order valence-corrected chi connectivity index (χ1v) is 7.90. The van der Waals surface area contributed by atoms with Crippen LogP contribution in [0, 0.1) is 9.49 Å². The van der Waals surface area contributed by atoms with E-state index in [1.54, 1.807) is 0 Å². The fourth-order valence-electron chi connectivity index (χ4n) is 2.50. The van der Waals surface area contributed by atoms with Crippen molar-refractivity contribution >= 4 is 28.6 Å². The molecule has 1 heterocycles. The second kappa shape index (κ2) is 7.24. The van der Waals surface area contributed by atoms with E-state index >= 15 is 0 Å². The lowest BCUT2D eigenvalue weighted by atomic mass is 9.98. The Bertz CT molecular complexity index is 419. The molecule has 19 heavy (non-hydrogen) atoms. The molecule has 0 bridgehead atoms. The summed E-state index contributed by atoms with van der Waals surface area (Å²) >= 11 is 2.31. The van der Waals surface area contributed by atoms with E-state index in [1.807, 2.05) is 6.92 Å². The topological polar surface area (TPSA) is 29.5 Å². The van der Waals surface area contributed by atoms with Crippen LogP contribution in [-0.2, 0) is 16.1 Å². The SMILES string of the molecule is CCOC(=O)C1CCCN(Cc2ccc(I)cc2)C1. The molecule has 1 aromatic rings. The van der Waals surface area contributed by atoms with Gasteiger partial charge in [-0.2, -0.15) is 0 Å². The van der Waals surface area contributed by atoms with E-state index in [2.05, 4.69) is 51.8 Å². The number of benzene rings is 1. The molecule has 3 nitrogen and oxygen atoms in total. The third-order valence-electron chi connectivity index (χ3n) is 3.44. The molecule has 0 amide bonds. The van der Waals surface area contributed by atoms with Gasteiger partial charge in [0.05, 0.1) is 12.5 Å². The molecule has 1 saturated heterocycles. The number of piperidine rings is 1. The summed E-state index contributed by atoms with van der Waals surface area (Å²) in [6.45, 7) is 5.16. The van der Waals surface area contributed by atoms with Crippen molar-refractivity contribution in [2.75, 3.05) is 19.7 Å². The Kier molecular flexibility index (Phi) is 5.63. The highest BCUT2D eigenvalue weighted by Gasteiger charge is 2.26. The predicted octanol–water partition coefficient (Wildman–Crippen LogP) is 3.07. The minimum Gasteiger partial charge on any atom is -0.466 e. The van der Waals surface area contributed by atoms with E-state index in [-0.39, 0.29) is 11.9 Å². The summed E-state index contributed by atoms with van der Waals surface area (Å²) in [5, 5.41) is 0. The summed E-state index contributed by atoms with van der Waals surface area (Å²) in [5.41, 5.74) is 1.31. The summed E-state index contributed by atoms with van der Waals surface area (Å²) in [6, 6.07) is 8.58. The Morgan fingerprint density at radius 1 is 1.42 bits per heavy atom. The van der Waals surface area contributed by atoms with Gasteiger partial charge in [0.2, 0.25) is 0 Å². The van der Waals surface area contributed by atoms with Crippen LogP contribution in [-0.4, -0.2) is 30.6 Å². The second-order valence-corrected chi connectivity index (χ2v) is 6.20. The van der Waals surface area contributed by atoms with Crippen molar-refractivity contribution in [1.29, 1.82) is 0 Å². The Hall–Kier alpha value is -0.620. The predicted molar refractivity (Wildman–Crippen MR) is 83.8 cm³/mol. The maximum atomic E-state index is 11.8. The fourth-order valence-corrected chi connectivity index (χ4v) is 2.86. The van der Waals surface area contributed by atoms with Crippen LogP contribution in [0.2, 0.25) is 0 Å². The molecule has 4 heteroatoms. The van der Waals surface area contributed by atoms with Crippen LogP contribution < -0.4 is 0 Å². The molecule has 104 valence electrons. The average Bonchev–Trinajstić information content (AvgIpc) is 2.42. The number of nitrogens with zero attached hydrogens (tertiary/aromatic N) is 1. The number of hydrogen-bond acceptors (Lipinski definition) is 3. The number of halogens is 1. The van der Waals surface area contributed by atoms with Crippen molar-refractivity contribution in [2.45, 2.75) is 26.3 Å². The van der Waals surface area contributed by atoms with Crippen molar-refractivity contribution in [3.8, 4) is 0 Å². The summed E-state index contributed by atoms with van der Waals surface area (Å²) < 4.78 is 6.38. The van der Waals surface area contributed by atoms with Gasteiger partial charge in [0.15, 0.2) is 0 Å². The number of carbonyl (C=O) groups excluding carboxylic acids is 1. The zero-order valence-corrected chi connectivity index (χ0v) is 13.4. The lowest BCUT2D eigenvalue weighted by Gasteiger charge is -2.31. The molecule has 0 spiro atoms. The minimum atomic E-state index is -0.0326. The Balaban J connectivity index is 1.90. The largest absolute Gasteiger partial charge is 0.466 e. The number of rotatable bonds is 4. The molecular weight excluding hydrogens is 353 g/mol. The third-order valence-corrected chi connectivity index (χ3v) is 4.16. The van der Waals surface area contributed by atoms with E-state index in [9.17, 15) is 4.79 Å². The average molecular weight is 373 g/mol. The molecule has 0 aliphatic carbocycles. The second-order valence-electron chi connectivity index (χ2n) is 4.95. The first kappa shape index (κ1) is 14.8. The molecule has 1 unspecified atom stereocenters. The molecule has 1 fully saturated rings. The summed E-state index contributed by atoms with van der Waals surface area (Å²) in [4.78, 5) is 14.1. The van der Waals surface area contributed by atoms with Gasteiger partial charge in [-0.05, 0) is 66.6 Å². The number of likely N-dealkylation sites (tertiary alicyclic amines) is 1. The molecule has 1 aromatic carbocycles. The fraction of sp³-hybridized carbons (Fsp3) is 0.533. The third kappa shape index (κ3) is 4.45. The van der Waals surface area contributed by atoms with E-state index in [0.29, 0.717) is 6.61 Å². The highest BCUT2D eigenvalue weighted by atomic mass is 127. The molecule has 1 atom stereocenters. The van der Waals surface area contributed by atoms with Crippen molar-refractivity contribution in [2.24, 2.45) is 5.92 Å². The summed E-state index contributed by atoms with van der Waals surface area (Å²) in [5.74, 6) is 0.0207. The van der Waals surface area contributed by atoms with Crippen LogP contribution in [0.5, 0.6) is 0 Å². The molecule has 0 aromatic heterocycles. The van der Waals surface area contributed by atoms with Gasteiger partial charge in [0.1, 0.15) is 0 Å². The van der Waals surface area contributed by atoms with E-state index < -0.39 is 0 Å². The molecular formula is C15H20INO2. The summed E-state index contributed by atoms with van der Waals surface area (Å²) in [7, 11) is 0. The zero-order valence-electron chi connectivity index (χ0n) is 11.3. The van der Waals surface area contributed by atoms with Crippen LogP contribution in [0.3, 0.4) is 0 Å². The van der Waals surface area contributed by atoms with Gasteiger partial charge in [0.25, 0.3) is 0 Å². The number of carbonyl (C=O) groups is 1. The number of esters is 1. The first-order chi connectivity index (χ1) is 9.19. The van der Waals surface area contributed by atoms with Crippen LogP contribution in [0.4, 0.5) is 0 Å². The summed E-state index contributed by atoms with van der Waals surface area (Å²) in [6.07, 6.45) is 2.04. The number of hydrogen-bond donors (Lipinski definition) is 0. The van der Waals surface area contributed by atoms with E-state index in [4.69, 9.17) is 4.74 Å². The van der Waals surface area contributed by atoms with Gasteiger partial charge in [-0.3, -0.25) is 9.69 Å². The normalized spacial score (nSPS) is 20.2. The minimum absolute atomic E-state index is 0.0326. The van der Waals surface area contributed by atoms with Gasteiger partial charge in [0, 0.05) is 16.7 Å². The van der Waals surface area contributed by atoms with Crippen LogP contribution >= 0.6 is 22.6 Å². The monoisotopic (exact) mass is 373 g/mol. The van der Waals surface area contributed by atoms with E-state index in [1.165, 1.54) is 9.13 Å². The lowest BCUT2D eigenvalue weighted by molar-refractivity contribution is -0.150. The maximum Gasteiger partial charge on any atom is 0.310 e. The van der Waals surface area contributed by atoms with Crippen molar-refractivity contribution in [1.82, 2.24) is 4.90 Å². The standard InChI is InChI=1S/C15H20INO2/c1-2-19-15(18)13-4-3-9-17(11-13)10-12-5-7-14(16)8-6-12/h5-8,13H,2-4,9-11H2,1H3. The van der Waals surface area contributed by atoms with Crippen molar-refractivity contribution < 1.29 is 9.53 Å². The first-order valence-electron chi connectivity index (χ1n) is 6.82. The van der Waals surface area contributed by atoms with Gasteiger partial charge in [-0.15, -0.1) is 0 Å². The Labute approximate surface area is 128 Å². The lowest BCUT2D eigenvalue weighted by Crippen LogP contribution is -2.38. The molecule has 2 rings (SSSR count). The quantitative estimate of drug-likeness (QED) is 0.600. The van der Waals surface area contributed by atoms with Crippen LogP contribution in [0.15, 0.2) is 24.3 Å². The van der Waals surface area contributed by atoms with Gasteiger partial charge in [-0.25, -0.2) is 0 Å². The zero-order chi connectivity index (χ0) is 13.7. The van der Waals surface area contributed by atoms with E-state index in [0.717, 1.165) is 32.5 Å². The molecule has 1 aliphatic heterocycles. The van der Waals surface area contributed by atoms with Gasteiger partial charge < -0.3 is 4.74 Å². The van der Waals surface area contributed by atoms with Crippen molar-refractivity contribution in [3.05, 3.63) is 33.4 Å². The molecule has 0 saturated carbocycles. The molecule has 0 N–H and O–H groups in total. The number of ether oxygens (including phenoxy) is 1. The smallest absolute Gasteiger partial charge is 0.310 e. The van der Waals surface area contributed by atoms with Crippen LogP contribution in [0.25, 0.3) is 0 Å². The maximum absolute atomic E-state index is 11.8. The highest BCUT2D eigenvalue weighted by Crippen LogP contribution is 2.20. The van der Waals surface area contributed by atoms with Crippen molar-refractivity contribution in [3.63, 3.8) is 0 Å². The van der Waals surface area contributed by atoms with Crippen LogP contribution in [0.1, 0.15) is 25.3 Å². The Morgan fingerprint density at radius 2 is 2.16 bits per heavy atom. The molecule has 1 aliphatic rings. The highest BCUT2D eigenvalue weighted by molar-refractivity contribution is 14.1.